The second-order valence-electron chi connectivity index (χ2n) is 6.42. The summed E-state index contributed by atoms with van der Waals surface area (Å²) in [5.74, 6) is 1.63. The molecular weight excluding hydrogens is 232 g/mol. The van der Waals surface area contributed by atoms with Crippen LogP contribution < -0.4 is 5.73 Å². The topological polar surface area (TPSA) is 29.3 Å². The third kappa shape index (κ3) is 3.37. The zero-order chi connectivity index (χ0) is 14.0. The molecule has 2 nitrogen and oxygen atoms in total. The van der Waals surface area contributed by atoms with E-state index in [-0.39, 0.29) is 6.04 Å². The van der Waals surface area contributed by atoms with Crippen molar-refractivity contribution in [2.45, 2.75) is 46.2 Å². The van der Waals surface area contributed by atoms with Crippen molar-refractivity contribution in [2.75, 3.05) is 13.1 Å². The minimum atomic E-state index is 0.112. The summed E-state index contributed by atoms with van der Waals surface area (Å²) in [6.07, 6.45) is 1.30. The van der Waals surface area contributed by atoms with Crippen molar-refractivity contribution in [3.05, 3.63) is 35.4 Å². The molecular formula is C17H28N2. The predicted octanol–water partition coefficient (Wildman–Crippen LogP) is 3.36. The largest absolute Gasteiger partial charge is 0.323 e. The highest BCUT2D eigenvalue weighted by Crippen LogP contribution is 2.27. The number of piperidine rings is 1. The van der Waals surface area contributed by atoms with E-state index >= 15 is 0 Å². The van der Waals surface area contributed by atoms with Crippen molar-refractivity contribution < 1.29 is 0 Å². The zero-order valence-electron chi connectivity index (χ0n) is 12.8. The Labute approximate surface area is 118 Å². The molecule has 0 aromatic heterocycles. The summed E-state index contributed by atoms with van der Waals surface area (Å²) >= 11 is 0. The van der Waals surface area contributed by atoms with Gasteiger partial charge in [0, 0.05) is 18.6 Å². The Bertz CT molecular complexity index is 398. The van der Waals surface area contributed by atoms with Crippen LogP contribution in [0.4, 0.5) is 0 Å². The highest BCUT2D eigenvalue weighted by Gasteiger charge is 2.28. The first-order valence-electron chi connectivity index (χ1n) is 7.55. The van der Waals surface area contributed by atoms with E-state index in [0.717, 1.165) is 11.8 Å². The van der Waals surface area contributed by atoms with Gasteiger partial charge in [0.2, 0.25) is 0 Å². The molecule has 1 aliphatic rings. The summed E-state index contributed by atoms with van der Waals surface area (Å²) in [4.78, 5) is 2.56. The summed E-state index contributed by atoms with van der Waals surface area (Å²) in [6.45, 7) is 11.5. The summed E-state index contributed by atoms with van der Waals surface area (Å²) in [5.41, 5.74) is 9.01. The highest BCUT2D eigenvalue weighted by molar-refractivity contribution is 5.24. The number of aryl methyl sites for hydroxylation is 1. The Balaban J connectivity index is 2.02. The summed E-state index contributed by atoms with van der Waals surface area (Å²) < 4.78 is 0. The Morgan fingerprint density at radius 3 is 2.37 bits per heavy atom. The van der Waals surface area contributed by atoms with E-state index in [0.29, 0.717) is 6.04 Å². The lowest BCUT2D eigenvalue weighted by molar-refractivity contribution is 0.0908. The van der Waals surface area contributed by atoms with Gasteiger partial charge < -0.3 is 5.73 Å². The summed E-state index contributed by atoms with van der Waals surface area (Å²) in [5, 5.41) is 0. The average Bonchev–Trinajstić information content (AvgIpc) is 2.41. The zero-order valence-corrected chi connectivity index (χ0v) is 12.8. The quantitative estimate of drug-likeness (QED) is 0.903. The molecule has 1 fully saturated rings. The first-order chi connectivity index (χ1) is 8.99. The van der Waals surface area contributed by atoms with Crippen LogP contribution in [0.1, 0.15) is 44.4 Å². The van der Waals surface area contributed by atoms with Crippen LogP contribution in [-0.4, -0.2) is 24.0 Å². The molecule has 2 N–H and O–H groups in total. The van der Waals surface area contributed by atoms with Crippen molar-refractivity contribution in [1.29, 1.82) is 0 Å². The highest BCUT2D eigenvalue weighted by atomic mass is 15.2. The number of rotatable bonds is 3. The molecule has 0 aliphatic carbocycles. The van der Waals surface area contributed by atoms with Gasteiger partial charge in [-0.25, -0.2) is 0 Å². The molecule has 0 saturated carbocycles. The van der Waals surface area contributed by atoms with Crippen molar-refractivity contribution in [3.63, 3.8) is 0 Å². The van der Waals surface area contributed by atoms with Gasteiger partial charge in [-0.15, -0.1) is 0 Å². The fourth-order valence-corrected chi connectivity index (χ4v) is 2.96. The third-order valence-corrected chi connectivity index (χ3v) is 4.92. The first kappa shape index (κ1) is 14.5. The number of benzene rings is 1. The van der Waals surface area contributed by atoms with E-state index in [1.54, 1.807) is 0 Å². The van der Waals surface area contributed by atoms with Gasteiger partial charge >= 0.3 is 0 Å². The maximum atomic E-state index is 6.46. The van der Waals surface area contributed by atoms with Crippen LogP contribution in [0.15, 0.2) is 24.3 Å². The predicted molar refractivity (Wildman–Crippen MR) is 82.1 cm³/mol. The Kier molecular flexibility index (Phi) is 4.64. The molecule has 1 aliphatic heterocycles. The van der Waals surface area contributed by atoms with Crippen molar-refractivity contribution in [3.8, 4) is 0 Å². The first-order valence-corrected chi connectivity index (χ1v) is 7.55. The van der Waals surface area contributed by atoms with Crippen LogP contribution in [0.5, 0.6) is 0 Å². The van der Waals surface area contributed by atoms with Crippen molar-refractivity contribution in [1.82, 2.24) is 4.90 Å². The molecule has 4 atom stereocenters. The lowest BCUT2D eigenvalue weighted by Crippen LogP contribution is -2.47. The molecule has 106 valence electrons. The molecule has 0 bridgehead atoms. The second-order valence-corrected chi connectivity index (χ2v) is 6.42. The fraction of sp³-hybridized carbons (Fsp3) is 0.647. The molecule has 0 radical (unpaired) electrons. The lowest BCUT2D eigenvalue weighted by atomic mass is 9.87. The Hall–Kier alpha value is -0.860. The molecule has 1 aromatic carbocycles. The van der Waals surface area contributed by atoms with Gasteiger partial charge in [-0.2, -0.15) is 0 Å². The van der Waals surface area contributed by atoms with Gasteiger partial charge in [-0.1, -0.05) is 43.7 Å². The van der Waals surface area contributed by atoms with Gasteiger partial charge in [0.05, 0.1) is 0 Å². The average molecular weight is 260 g/mol. The van der Waals surface area contributed by atoms with E-state index in [4.69, 9.17) is 5.73 Å². The maximum absolute atomic E-state index is 6.46. The molecule has 1 saturated heterocycles. The number of likely N-dealkylation sites (tertiary alicyclic amines) is 1. The van der Waals surface area contributed by atoms with Gasteiger partial charge in [0.15, 0.2) is 0 Å². The smallest absolute Gasteiger partial charge is 0.0450 e. The minimum absolute atomic E-state index is 0.112. The third-order valence-electron chi connectivity index (χ3n) is 4.92. The van der Waals surface area contributed by atoms with E-state index < -0.39 is 0 Å². The van der Waals surface area contributed by atoms with Crippen LogP contribution in [0, 0.1) is 18.8 Å². The van der Waals surface area contributed by atoms with Crippen LogP contribution in [0.3, 0.4) is 0 Å². The van der Waals surface area contributed by atoms with Gasteiger partial charge in [0.1, 0.15) is 0 Å². The molecule has 1 heterocycles. The van der Waals surface area contributed by atoms with Crippen LogP contribution in [0.25, 0.3) is 0 Å². The van der Waals surface area contributed by atoms with E-state index in [1.165, 1.54) is 30.6 Å². The Morgan fingerprint density at radius 1 is 1.16 bits per heavy atom. The number of nitrogens with zero attached hydrogens (tertiary/aromatic N) is 1. The van der Waals surface area contributed by atoms with E-state index in [9.17, 15) is 0 Å². The van der Waals surface area contributed by atoms with Crippen molar-refractivity contribution in [2.24, 2.45) is 17.6 Å². The van der Waals surface area contributed by atoms with Crippen molar-refractivity contribution >= 4 is 0 Å². The van der Waals surface area contributed by atoms with Crippen LogP contribution >= 0.6 is 0 Å². The van der Waals surface area contributed by atoms with E-state index in [2.05, 4.69) is 56.9 Å². The summed E-state index contributed by atoms with van der Waals surface area (Å²) in [6, 6.07) is 9.18. The number of hydrogen-bond donors (Lipinski definition) is 1. The normalized spacial score (nSPS) is 28.1. The van der Waals surface area contributed by atoms with Gasteiger partial charge in [-0.05, 0) is 44.2 Å². The molecule has 0 amide bonds. The van der Waals surface area contributed by atoms with Gasteiger partial charge in [0.25, 0.3) is 0 Å². The SMILES string of the molecule is Cc1ccc(C(N)C(C)N2CCC(C)C(C)C2)cc1. The minimum Gasteiger partial charge on any atom is -0.323 e. The summed E-state index contributed by atoms with van der Waals surface area (Å²) in [7, 11) is 0. The fourth-order valence-electron chi connectivity index (χ4n) is 2.96. The van der Waals surface area contributed by atoms with Gasteiger partial charge in [-0.3, -0.25) is 4.90 Å². The molecule has 2 rings (SSSR count). The number of hydrogen-bond acceptors (Lipinski definition) is 2. The monoisotopic (exact) mass is 260 g/mol. The molecule has 19 heavy (non-hydrogen) atoms. The molecule has 1 aromatic rings. The maximum Gasteiger partial charge on any atom is 0.0450 e. The number of nitrogens with two attached hydrogens (primary N) is 1. The molecule has 4 unspecified atom stereocenters. The Morgan fingerprint density at radius 2 is 1.79 bits per heavy atom. The lowest BCUT2D eigenvalue weighted by Gasteiger charge is -2.41. The van der Waals surface area contributed by atoms with E-state index in [1.807, 2.05) is 0 Å². The molecule has 0 spiro atoms. The van der Waals surface area contributed by atoms with Crippen LogP contribution in [0.2, 0.25) is 0 Å². The molecule has 2 heteroatoms. The van der Waals surface area contributed by atoms with Crippen LogP contribution in [-0.2, 0) is 0 Å². The second kappa shape index (κ2) is 6.06. The standard InChI is InChI=1S/C17H28N2/c1-12-5-7-16(8-6-12)17(18)15(4)19-10-9-13(2)14(3)11-19/h5-8,13-15,17H,9-11,18H2,1-4H3.